The van der Waals surface area contributed by atoms with Crippen LogP contribution in [-0.4, -0.2) is 68.0 Å². The first-order chi connectivity index (χ1) is 16.0. The molecular formula is C21H19F2N7O3. The van der Waals surface area contributed by atoms with Crippen molar-refractivity contribution in [2.45, 2.75) is 24.6 Å². The summed E-state index contributed by atoms with van der Waals surface area (Å²) in [4.78, 5) is 23.2. The zero-order valence-electron chi connectivity index (χ0n) is 17.2. The number of hydrogen-bond donors (Lipinski definition) is 3. The lowest BCUT2D eigenvalue weighted by Crippen LogP contribution is -2.33. The third-order valence-corrected chi connectivity index (χ3v) is 6.00. The number of carbonyl (C=O) groups excluding carboxylic acids is 1. The Morgan fingerprint density at radius 3 is 2.94 bits per heavy atom. The van der Waals surface area contributed by atoms with Gasteiger partial charge in [0, 0.05) is 12.1 Å². The Hall–Kier alpha value is -3.69. The first kappa shape index (κ1) is 21.2. The van der Waals surface area contributed by atoms with Gasteiger partial charge in [-0.2, -0.15) is 10.4 Å². The number of nitrogens with one attached hydrogen (secondary N) is 2. The van der Waals surface area contributed by atoms with Crippen LogP contribution in [0.3, 0.4) is 0 Å². The number of aromatic nitrogens is 4. The highest BCUT2D eigenvalue weighted by Crippen LogP contribution is 2.38. The minimum Gasteiger partial charge on any atom is -0.388 e. The van der Waals surface area contributed by atoms with Crippen LogP contribution in [-0.2, 0) is 4.74 Å². The number of carbonyl (C=O) groups is 1. The SMILES string of the molecule is N#C[C@H]1C[C@H](c2cc(F)ccc2F)N(C(=O)c2[nH]nc3ncnc(N[C@@H]4COC[C@H]4O)c23)C1. The Balaban J connectivity index is 1.53. The summed E-state index contributed by atoms with van der Waals surface area (Å²) in [5.74, 6) is -2.12. The number of H-pyrrole nitrogens is 1. The zero-order chi connectivity index (χ0) is 23.1. The van der Waals surface area contributed by atoms with Crippen LogP contribution in [0, 0.1) is 28.9 Å². The normalized spacial score (nSPS) is 24.8. The van der Waals surface area contributed by atoms with E-state index in [0.717, 1.165) is 18.2 Å². The molecular weight excluding hydrogens is 436 g/mol. The molecule has 33 heavy (non-hydrogen) atoms. The summed E-state index contributed by atoms with van der Waals surface area (Å²) in [5, 5.41) is 29.6. The van der Waals surface area contributed by atoms with Crippen LogP contribution in [0.25, 0.3) is 11.0 Å². The van der Waals surface area contributed by atoms with E-state index in [0.29, 0.717) is 5.39 Å². The van der Waals surface area contributed by atoms with Crippen LogP contribution in [0.15, 0.2) is 24.5 Å². The molecule has 170 valence electrons. The molecule has 12 heteroatoms. The lowest BCUT2D eigenvalue weighted by molar-refractivity contribution is 0.0727. The van der Waals surface area contributed by atoms with Gasteiger partial charge in [-0.15, -0.1) is 0 Å². The molecule has 0 unspecified atom stereocenters. The Bertz CT molecular complexity index is 1260. The molecule has 0 radical (unpaired) electrons. The summed E-state index contributed by atoms with van der Waals surface area (Å²) in [7, 11) is 0. The predicted molar refractivity (Wildman–Crippen MR) is 110 cm³/mol. The van der Waals surface area contributed by atoms with Crippen molar-refractivity contribution in [3.05, 3.63) is 47.4 Å². The fourth-order valence-electron chi connectivity index (χ4n) is 4.34. The van der Waals surface area contributed by atoms with Gasteiger partial charge in [0.15, 0.2) is 5.65 Å². The van der Waals surface area contributed by atoms with E-state index in [1.54, 1.807) is 0 Å². The van der Waals surface area contributed by atoms with Crippen molar-refractivity contribution < 1.29 is 23.4 Å². The molecule has 2 aliphatic heterocycles. The number of aromatic amines is 1. The van der Waals surface area contributed by atoms with E-state index < -0.39 is 41.6 Å². The molecule has 0 spiro atoms. The molecule has 4 atom stereocenters. The summed E-state index contributed by atoms with van der Waals surface area (Å²) in [6, 6.07) is 3.89. The van der Waals surface area contributed by atoms with Crippen LogP contribution >= 0.6 is 0 Å². The minimum absolute atomic E-state index is 0.00532. The Kier molecular flexibility index (Phi) is 5.35. The molecule has 4 heterocycles. The van der Waals surface area contributed by atoms with E-state index in [4.69, 9.17) is 4.74 Å². The van der Waals surface area contributed by atoms with Crippen molar-refractivity contribution in [2.75, 3.05) is 25.1 Å². The number of fused-ring (bicyclic) bond motifs is 1. The number of ether oxygens (including phenoxy) is 1. The third kappa shape index (κ3) is 3.75. The summed E-state index contributed by atoms with van der Waals surface area (Å²) in [6.45, 7) is 0.472. The highest BCUT2D eigenvalue weighted by Gasteiger charge is 2.39. The maximum Gasteiger partial charge on any atom is 0.273 e. The summed E-state index contributed by atoms with van der Waals surface area (Å²) in [5.41, 5.74) is 0.265. The molecule has 2 aromatic heterocycles. The fraction of sp³-hybridized carbons (Fsp3) is 0.381. The molecule has 3 aromatic rings. The molecule has 0 bridgehead atoms. The lowest BCUT2D eigenvalue weighted by atomic mass is 10.00. The molecule has 1 aromatic carbocycles. The second-order valence-electron chi connectivity index (χ2n) is 8.08. The lowest BCUT2D eigenvalue weighted by Gasteiger charge is -2.25. The van der Waals surface area contributed by atoms with Crippen LogP contribution in [0.1, 0.15) is 28.5 Å². The number of hydrogen-bond acceptors (Lipinski definition) is 8. The fourth-order valence-corrected chi connectivity index (χ4v) is 4.34. The van der Waals surface area contributed by atoms with Crippen molar-refractivity contribution in [3.63, 3.8) is 0 Å². The number of aliphatic hydroxyl groups is 1. The molecule has 10 nitrogen and oxygen atoms in total. The van der Waals surface area contributed by atoms with Crippen molar-refractivity contribution in [3.8, 4) is 6.07 Å². The minimum atomic E-state index is -0.831. The summed E-state index contributed by atoms with van der Waals surface area (Å²) < 4.78 is 33.7. The van der Waals surface area contributed by atoms with Gasteiger partial charge in [-0.1, -0.05) is 0 Å². The van der Waals surface area contributed by atoms with Gasteiger partial charge in [0.1, 0.15) is 29.5 Å². The number of amides is 1. The van der Waals surface area contributed by atoms with Gasteiger partial charge >= 0.3 is 0 Å². The molecule has 0 aliphatic carbocycles. The maximum absolute atomic E-state index is 14.5. The van der Waals surface area contributed by atoms with E-state index >= 15 is 0 Å². The Morgan fingerprint density at radius 1 is 1.33 bits per heavy atom. The van der Waals surface area contributed by atoms with Gasteiger partial charge in [-0.3, -0.25) is 9.89 Å². The molecule has 1 amide bonds. The second kappa shape index (κ2) is 8.34. The summed E-state index contributed by atoms with van der Waals surface area (Å²) in [6.07, 6.45) is 0.687. The average molecular weight is 455 g/mol. The third-order valence-electron chi connectivity index (χ3n) is 6.00. The number of likely N-dealkylation sites (tertiary alicyclic amines) is 1. The number of nitrogens with zero attached hydrogens (tertiary/aromatic N) is 5. The van der Waals surface area contributed by atoms with Crippen molar-refractivity contribution >= 4 is 22.8 Å². The van der Waals surface area contributed by atoms with E-state index in [2.05, 4.69) is 31.6 Å². The number of anilines is 1. The van der Waals surface area contributed by atoms with Crippen molar-refractivity contribution in [2.24, 2.45) is 5.92 Å². The molecule has 2 aliphatic rings. The van der Waals surface area contributed by atoms with E-state index in [-0.39, 0.29) is 48.9 Å². The van der Waals surface area contributed by atoms with Crippen LogP contribution in [0.5, 0.6) is 0 Å². The van der Waals surface area contributed by atoms with Gasteiger partial charge in [0.2, 0.25) is 0 Å². The monoisotopic (exact) mass is 455 g/mol. The van der Waals surface area contributed by atoms with Crippen LogP contribution in [0.2, 0.25) is 0 Å². The largest absolute Gasteiger partial charge is 0.388 e. The molecule has 0 saturated carbocycles. The number of nitriles is 1. The highest BCUT2D eigenvalue weighted by molar-refractivity contribution is 6.07. The van der Waals surface area contributed by atoms with Gasteiger partial charge in [-0.25, -0.2) is 18.7 Å². The quantitative estimate of drug-likeness (QED) is 0.538. The van der Waals surface area contributed by atoms with Gasteiger partial charge in [0.05, 0.1) is 48.8 Å². The van der Waals surface area contributed by atoms with Crippen molar-refractivity contribution in [1.82, 2.24) is 25.1 Å². The van der Waals surface area contributed by atoms with E-state index in [1.165, 1.54) is 11.2 Å². The van der Waals surface area contributed by atoms with Gasteiger partial charge in [0.25, 0.3) is 5.91 Å². The average Bonchev–Trinajstić information content (AvgIpc) is 3.54. The van der Waals surface area contributed by atoms with Gasteiger partial charge in [-0.05, 0) is 24.6 Å². The Labute approximate surface area is 186 Å². The number of rotatable bonds is 4. The maximum atomic E-state index is 14.5. The van der Waals surface area contributed by atoms with Crippen LogP contribution in [0.4, 0.5) is 14.6 Å². The molecule has 5 rings (SSSR count). The number of halogens is 2. The van der Waals surface area contributed by atoms with Crippen LogP contribution < -0.4 is 5.32 Å². The van der Waals surface area contributed by atoms with E-state index in [1.807, 2.05) is 0 Å². The number of aliphatic hydroxyl groups excluding tert-OH is 1. The first-order valence-electron chi connectivity index (χ1n) is 10.3. The summed E-state index contributed by atoms with van der Waals surface area (Å²) >= 11 is 0. The molecule has 3 N–H and O–H groups in total. The van der Waals surface area contributed by atoms with Gasteiger partial charge < -0.3 is 20.1 Å². The number of benzene rings is 1. The van der Waals surface area contributed by atoms with E-state index in [9.17, 15) is 23.9 Å². The van der Waals surface area contributed by atoms with Crippen molar-refractivity contribution in [1.29, 1.82) is 5.26 Å². The standard InChI is InChI=1S/C21H19F2N7O3/c22-11-1-2-13(23)12(4-11)15-3-10(5-24)6-30(15)21(32)18-17-19(25-9-26-20(17)29-28-18)27-14-7-33-8-16(14)31/h1-2,4,9-10,14-16,31H,3,6-8H2,(H2,25,26,27,28,29)/t10-,14-,15-,16-/m1/s1. The highest BCUT2D eigenvalue weighted by atomic mass is 19.1. The smallest absolute Gasteiger partial charge is 0.273 e. The molecule has 2 fully saturated rings. The first-order valence-corrected chi connectivity index (χ1v) is 10.3. The Morgan fingerprint density at radius 2 is 2.18 bits per heavy atom. The topological polar surface area (TPSA) is 140 Å². The predicted octanol–water partition coefficient (Wildman–Crippen LogP) is 1.53. The zero-order valence-corrected chi connectivity index (χ0v) is 17.2. The second-order valence-corrected chi connectivity index (χ2v) is 8.08. The molecule has 2 saturated heterocycles.